The molecule has 0 aromatic rings. The number of methoxy groups -OCH3 is 1. The Morgan fingerprint density at radius 2 is 1.93 bits per heavy atom. The van der Waals surface area contributed by atoms with Gasteiger partial charge in [-0.1, -0.05) is 12.8 Å². The highest BCUT2D eigenvalue weighted by Crippen LogP contribution is 2.32. The molecule has 0 heterocycles. The molecule has 0 spiro atoms. The second-order valence-electron chi connectivity index (χ2n) is 4.31. The van der Waals surface area contributed by atoms with Gasteiger partial charge in [-0.05, 0) is 31.6 Å². The number of rotatable bonds is 8. The van der Waals surface area contributed by atoms with Crippen LogP contribution in [0.25, 0.3) is 0 Å². The third-order valence-corrected chi connectivity index (χ3v) is 3.69. The smallest absolute Gasteiger partial charge is 0.0700 e. The Labute approximate surface area is 98.3 Å². The lowest BCUT2D eigenvalue weighted by molar-refractivity contribution is 0.0683. The molecule has 2 nitrogen and oxygen atoms in total. The fraction of sp³-hybridized carbons (Fsp3) is 1.00. The molecule has 3 heteroatoms. The lowest BCUT2D eigenvalue weighted by Crippen LogP contribution is -2.12. The highest BCUT2D eigenvalue weighted by Gasteiger charge is 2.22. The minimum Gasteiger partial charge on any atom is -0.382 e. The van der Waals surface area contributed by atoms with Crippen molar-refractivity contribution >= 4 is 11.6 Å². The summed E-state index contributed by atoms with van der Waals surface area (Å²) >= 11 is 6.35. The molecule has 0 bridgehead atoms. The molecule has 0 aromatic carbocycles. The summed E-state index contributed by atoms with van der Waals surface area (Å²) in [5, 5.41) is 0.374. The Kier molecular flexibility index (Phi) is 7.41. The van der Waals surface area contributed by atoms with Gasteiger partial charge in [0.1, 0.15) is 0 Å². The van der Waals surface area contributed by atoms with Crippen LogP contribution >= 0.6 is 11.6 Å². The molecule has 0 aliphatic heterocycles. The zero-order chi connectivity index (χ0) is 10.9. The summed E-state index contributed by atoms with van der Waals surface area (Å²) in [5.74, 6) is 0.769. The predicted octanol–water partition coefficient (Wildman–Crippen LogP) is 3.23. The summed E-state index contributed by atoms with van der Waals surface area (Å²) in [6.45, 7) is 2.21. The minimum atomic E-state index is 0.374. The van der Waals surface area contributed by atoms with E-state index >= 15 is 0 Å². The number of hydrogen-bond acceptors (Lipinski definition) is 2. The van der Waals surface area contributed by atoms with E-state index in [2.05, 4.69) is 0 Å². The lowest BCUT2D eigenvalue weighted by Gasteiger charge is -2.16. The standard InChI is InChI=1S/C12H23ClO2/c1-14-9-10-15-8-4-7-12(13)11-5-2-3-6-11/h11-12H,2-10H2,1H3. The van der Waals surface area contributed by atoms with Gasteiger partial charge in [-0.3, -0.25) is 0 Å². The van der Waals surface area contributed by atoms with Crippen molar-refractivity contribution in [1.82, 2.24) is 0 Å². The van der Waals surface area contributed by atoms with Gasteiger partial charge in [0, 0.05) is 19.1 Å². The van der Waals surface area contributed by atoms with Crippen molar-refractivity contribution in [2.75, 3.05) is 26.9 Å². The SMILES string of the molecule is COCCOCCCC(Cl)C1CCCC1. The van der Waals surface area contributed by atoms with Crippen LogP contribution in [0.5, 0.6) is 0 Å². The van der Waals surface area contributed by atoms with Gasteiger partial charge in [0.2, 0.25) is 0 Å². The van der Waals surface area contributed by atoms with E-state index < -0.39 is 0 Å². The van der Waals surface area contributed by atoms with Crippen LogP contribution in [-0.4, -0.2) is 32.3 Å². The van der Waals surface area contributed by atoms with Gasteiger partial charge in [-0.2, -0.15) is 0 Å². The number of alkyl halides is 1. The molecule has 0 radical (unpaired) electrons. The first-order chi connectivity index (χ1) is 7.34. The Bertz CT molecular complexity index is 147. The third kappa shape index (κ3) is 5.74. The topological polar surface area (TPSA) is 18.5 Å². The third-order valence-electron chi connectivity index (χ3n) is 3.11. The molecule has 1 unspecified atom stereocenters. The van der Waals surface area contributed by atoms with E-state index in [0.717, 1.165) is 25.4 Å². The first-order valence-corrected chi connectivity index (χ1v) is 6.49. The molecule has 1 aliphatic rings. The minimum absolute atomic E-state index is 0.374. The second-order valence-corrected chi connectivity index (χ2v) is 4.87. The molecule has 0 saturated heterocycles. The van der Waals surface area contributed by atoms with Crippen molar-refractivity contribution in [3.8, 4) is 0 Å². The van der Waals surface area contributed by atoms with Crippen LogP contribution in [0.1, 0.15) is 38.5 Å². The Balaban J connectivity index is 1.90. The molecule has 1 aliphatic carbocycles. The van der Waals surface area contributed by atoms with Gasteiger partial charge in [0.15, 0.2) is 0 Å². The zero-order valence-electron chi connectivity index (χ0n) is 9.71. The molecular weight excluding hydrogens is 212 g/mol. The van der Waals surface area contributed by atoms with Crippen LogP contribution in [0, 0.1) is 5.92 Å². The average molecular weight is 235 g/mol. The normalized spacial score (nSPS) is 19.6. The van der Waals surface area contributed by atoms with Gasteiger partial charge >= 0.3 is 0 Å². The Morgan fingerprint density at radius 1 is 1.20 bits per heavy atom. The van der Waals surface area contributed by atoms with E-state index in [9.17, 15) is 0 Å². The van der Waals surface area contributed by atoms with Crippen molar-refractivity contribution in [3.63, 3.8) is 0 Å². The molecule has 1 fully saturated rings. The van der Waals surface area contributed by atoms with Gasteiger partial charge in [-0.25, -0.2) is 0 Å². The quantitative estimate of drug-likeness (QED) is 0.474. The molecule has 15 heavy (non-hydrogen) atoms. The van der Waals surface area contributed by atoms with Gasteiger partial charge in [0.25, 0.3) is 0 Å². The van der Waals surface area contributed by atoms with Crippen molar-refractivity contribution in [1.29, 1.82) is 0 Å². The predicted molar refractivity (Wildman–Crippen MR) is 63.5 cm³/mol. The van der Waals surface area contributed by atoms with Crippen LogP contribution in [-0.2, 0) is 9.47 Å². The highest BCUT2D eigenvalue weighted by molar-refractivity contribution is 6.20. The molecule has 90 valence electrons. The highest BCUT2D eigenvalue weighted by atomic mass is 35.5. The van der Waals surface area contributed by atoms with Gasteiger partial charge in [-0.15, -0.1) is 11.6 Å². The molecule has 0 amide bonds. The lowest BCUT2D eigenvalue weighted by atomic mass is 10.0. The largest absolute Gasteiger partial charge is 0.382 e. The van der Waals surface area contributed by atoms with E-state index in [1.165, 1.54) is 25.7 Å². The molecular formula is C12H23ClO2. The van der Waals surface area contributed by atoms with E-state index in [0.29, 0.717) is 18.6 Å². The van der Waals surface area contributed by atoms with Gasteiger partial charge < -0.3 is 9.47 Å². The maximum Gasteiger partial charge on any atom is 0.0700 e. The molecule has 1 rings (SSSR count). The summed E-state index contributed by atoms with van der Waals surface area (Å²) in [5.41, 5.74) is 0. The number of halogens is 1. The summed E-state index contributed by atoms with van der Waals surface area (Å²) in [7, 11) is 1.69. The Morgan fingerprint density at radius 3 is 2.60 bits per heavy atom. The molecule has 1 atom stereocenters. The van der Waals surface area contributed by atoms with E-state index in [1.54, 1.807) is 7.11 Å². The monoisotopic (exact) mass is 234 g/mol. The fourth-order valence-corrected chi connectivity index (χ4v) is 2.59. The molecule has 1 saturated carbocycles. The van der Waals surface area contributed by atoms with Crippen molar-refractivity contribution < 1.29 is 9.47 Å². The fourth-order valence-electron chi connectivity index (χ4n) is 2.18. The molecule has 0 aromatic heterocycles. The average Bonchev–Trinajstić information content (AvgIpc) is 2.76. The Hall–Kier alpha value is 0.210. The van der Waals surface area contributed by atoms with Crippen molar-refractivity contribution in [2.45, 2.75) is 43.9 Å². The maximum absolute atomic E-state index is 6.35. The van der Waals surface area contributed by atoms with Crippen LogP contribution < -0.4 is 0 Å². The summed E-state index contributed by atoms with van der Waals surface area (Å²) in [6, 6.07) is 0. The van der Waals surface area contributed by atoms with Gasteiger partial charge in [0.05, 0.1) is 13.2 Å². The number of hydrogen-bond donors (Lipinski definition) is 0. The maximum atomic E-state index is 6.35. The van der Waals surface area contributed by atoms with E-state index in [4.69, 9.17) is 21.1 Å². The van der Waals surface area contributed by atoms with Crippen molar-refractivity contribution in [2.24, 2.45) is 5.92 Å². The van der Waals surface area contributed by atoms with E-state index in [-0.39, 0.29) is 0 Å². The number of ether oxygens (including phenoxy) is 2. The van der Waals surface area contributed by atoms with Crippen LogP contribution in [0.2, 0.25) is 0 Å². The zero-order valence-corrected chi connectivity index (χ0v) is 10.5. The van der Waals surface area contributed by atoms with Crippen LogP contribution in [0.3, 0.4) is 0 Å². The van der Waals surface area contributed by atoms with Crippen LogP contribution in [0.4, 0.5) is 0 Å². The van der Waals surface area contributed by atoms with Crippen LogP contribution in [0.15, 0.2) is 0 Å². The molecule has 0 N–H and O–H groups in total. The second kappa shape index (κ2) is 8.37. The summed E-state index contributed by atoms with van der Waals surface area (Å²) in [6.07, 6.45) is 7.58. The summed E-state index contributed by atoms with van der Waals surface area (Å²) in [4.78, 5) is 0. The first kappa shape index (κ1) is 13.3. The summed E-state index contributed by atoms with van der Waals surface area (Å²) < 4.78 is 10.3. The van der Waals surface area contributed by atoms with E-state index in [1.807, 2.05) is 0 Å². The van der Waals surface area contributed by atoms with Crippen molar-refractivity contribution in [3.05, 3.63) is 0 Å². The first-order valence-electron chi connectivity index (χ1n) is 6.05.